The fourth-order valence-electron chi connectivity index (χ4n) is 3.34. The summed E-state index contributed by atoms with van der Waals surface area (Å²) in [7, 11) is 0. The maximum atomic E-state index is 13.9. The van der Waals surface area contributed by atoms with Crippen LogP contribution in [-0.4, -0.2) is 6.04 Å². The fourth-order valence-corrected chi connectivity index (χ4v) is 3.58. The van der Waals surface area contributed by atoms with Crippen LogP contribution in [0.5, 0.6) is 0 Å². The summed E-state index contributed by atoms with van der Waals surface area (Å²) in [6.45, 7) is 0. The van der Waals surface area contributed by atoms with Crippen molar-refractivity contribution in [3.63, 3.8) is 0 Å². The summed E-state index contributed by atoms with van der Waals surface area (Å²) in [5.74, 6) is 0.0210. The molecule has 0 radical (unpaired) electrons. The lowest BCUT2D eigenvalue weighted by Gasteiger charge is -2.30. The molecule has 0 saturated carbocycles. The molecule has 2 aromatic carbocycles. The Labute approximate surface area is 129 Å². The molecule has 0 aliphatic heterocycles. The largest absolute Gasteiger partial charge is 0.327 e. The van der Waals surface area contributed by atoms with Gasteiger partial charge in [0.15, 0.2) is 0 Å². The van der Waals surface area contributed by atoms with Crippen LogP contribution in [-0.2, 0) is 12.8 Å². The summed E-state index contributed by atoms with van der Waals surface area (Å²) in [6.07, 6.45) is 3.79. The van der Waals surface area contributed by atoms with Crippen molar-refractivity contribution in [2.24, 2.45) is 5.73 Å². The minimum atomic E-state index is -0.262. The third-order valence-corrected chi connectivity index (χ3v) is 4.79. The molecule has 1 aliphatic rings. The quantitative estimate of drug-likeness (QED) is 0.889. The highest BCUT2D eigenvalue weighted by Gasteiger charge is 2.26. The first-order chi connectivity index (χ1) is 10.2. The highest BCUT2D eigenvalue weighted by molar-refractivity contribution is 6.31. The van der Waals surface area contributed by atoms with Crippen LogP contribution in [0.3, 0.4) is 0 Å². The van der Waals surface area contributed by atoms with E-state index < -0.39 is 0 Å². The number of fused-ring (bicyclic) bond motifs is 1. The average Bonchev–Trinajstić information content (AvgIpc) is 2.50. The predicted octanol–water partition coefficient (Wildman–Crippen LogP) is 4.47. The molecule has 0 bridgehead atoms. The van der Waals surface area contributed by atoms with Crippen molar-refractivity contribution in [1.29, 1.82) is 0 Å². The van der Waals surface area contributed by atoms with Gasteiger partial charge in [-0.3, -0.25) is 0 Å². The molecule has 2 aromatic rings. The Morgan fingerprint density at radius 3 is 2.81 bits per heavy atom. The zero-order valence-corrected chi connectivity index (χ0v) is 12.6. The van der Waals surface area contributed by atoms with Crippen LogP contribution in [0.1, 0.15) is 35.4 Å². The molecule has 2 atom stereocenters. The number of nitrogens with two attached hydrogens (primary N) is 1. The van der Waals surface area contributed by atoms with Gasteiger partial charge >= 0.3 is 0 Å². The summed E-state index contributed by atoms with van der Waals surface area (Å²) in [5.41, 5.74) is 9.65. The van der Waals surface area contributed by atoms with Gasteiger partial charge in [0, 0.05) is 16.6 Å². The Balaban J connectivity index is 1.85. The maximum absolute atomic E-state index is 13.9. The van der Waals surface area contributed by atoms with Crippen molar-refractivity contribution < 1.29 is 4.39 Å². The third kappa shape index (κ3) is 2.97. The van der Waals surface area contributed by atoms with Gasteiger partial charge in [0.25, 0.3) is 0 Å². The molecule has 2 unspecified atom stereocenters. The highest BCUT2D eigenvalue weighted by Crippen LogP contribution is 2.35. The second-order valence-electron chi connectivity index (χ2n) is 5.77. The minimum absolute atomic E-state index is 0.110. The van der Waals surface area contributed by atoms with Crippen LogP contribution in [0.2, 0.25) is 5.02 Å². The Bertz CT molecular complexity index is 621. The summed E-state index contributed by atoms with van der Waals surface area (Å²) < 4.78 is 13.9. The molecular weight excluding hydrogens is 285 g/mol. The van der Waals surface area contributed by atoms with Crippen molar-refractivity contribution in [3.05, 3.63) is 70.0 Å². The standard InChI is InChI=1S/C18H19ClFN/c19-16-9-4-10-17(20)15(16)11-18(21)14-8-3-6-12-5-1-2-7-13(12)14/h1-2,4-5,7,9-10,14,18H,3,6,8,11,21H2. The topological polar surface area (TPSA) is 26.0 Å². The molecule has 2 N–H and O–H groups in total. The number of aryl methyl sites for hydroxylation is 1. The van der Waals surface area contributed by atoms with Gasteiger partial charge < -0.3 is 5.73 Å². The fraction of sp³-hybridized carbons (Fsp3) is 0.333. The van der Waals surface area contributed by atoms with Crippen LogP contribution < -0.4 is 5.73 Å². The lowest BCUT2D eigenvalue weighted by Crippen LogP contribution is -2.33. The first-order valence-electron chi connectivity index (χ1n) is 7.43. The van der Waals surface area contributed by atoms with Gasteiger partial charge in [-0.15, -0.1) is 0 Å². The van der Waals surface area contributed by atoms with Crippen molar-refractivity contribution in [3.8, 4) is 0 Å². The second-order valence-corrected chi connectivity index (χ2v) is 6.17. The monoisotopic (exact) mass is 303 g/mol. The van der Waals surface area contributed by atoms with Gasteiger partial charge in [-0.25, -0.2) is 4.39 Å². The van der Waals surface area contributed by atoms with E-state index in [9.17, 15) is 4.39 Å². The van der Waals surface area contributed by atoms with Gasteiger partial charge in [0.2, 0.25) is 0 Å². The second kappa shape index (κ2) is 6.17. The third-order valence-electron chi connectivity index (χ3n) is 4.43. The van der Waals surface area contributed by atoms with Crippen LogP contribution in [0, 0.1) is 5.82 Å². The van der Waals surface area contributed by atoms with E-state index in [2.05, 4.69) is 24.3 Å². The molecule has 110 valence electrons. The van der Waals surface area contributed by atoms with E-state index >= 15 is 0 Å². The maximum Gasteiger partial charge on any atom is 0.127 e. The van der Waals surface area contributed by atoms with Crippen molar-refractivity contribution >= 4 is 11.6 Å². The molecular formula is C18H19ClFN. The molecule has 0 amide bonds. The zero-order valence-electron chi connectivity index (χ0n) is 11.9. The van der Waals surface area contributed by atoms with Crippen LogP contribution in [0.4, 0.5) is 4.39 Å². The first kappa shape index (κ1) is 14.6. The molecule has 3 rings (SSSR count). The normalized spacial score (nSPS) is 19.1. The predicted molar refractivity (Wildman–Crippen MR) is 85.2 cm³/mol. The van der Waals surface area contributed by atoms with Gasteiger partial charge in [0.1, 0.15) is 5.82 Å². The molecule has 21 heavy (non-hydrogen) atoms. The number of hydrogen-bond donors (Lipinski definition) is 1. The van der Waals surface area contributed by atoms with E-state index in [-0.39, 0.29) is 17.8 Å². The SMILES string of the molecule is NC(Cc1c(F)cccc1Cl)C1CCCc2ccccc21. The zero-order chi connectivity index (χ0) is 14.8. The minimum Gasteiger partial charge on any atom is -0.327 e. The number of rotatable bonds is 3. The van der Waals surface area contributed by atoms with E-state index in [0.29, 0.717) is 17.0 Å². The van der Waals surface area contributed by atoms with E-state index in [0.717, 1.165) is 19.3 Å². The Kier molecular flexibility index (Phi) is 4.27. The smallest absolute Gasteiger partial charge is 0.127 e. The lowest BCUT2D eigenvalue weighted by atomic mass is 9.77. The van der Waals surface area contributed by atoms with Crippen molar-refractivity contribution in [2.45, 2.75) is 37.6 Å². The van der Waals surface area contributed by atoms with Crippen LogP contribution in [0.25, 0.3) is 0 Å². The first-order valence-corrected chi connectivity index (χ1v) is 7.81. The van der Waals surface area contributed by atoms with Crippen LogP contribution in [0.15, 0.2) is 42.5 Å². The Hall–Kier alpha value is -1.38. The Morgan fingerprint density at radius 2 is 2.00 bits per heavy atom. The average molecular weight is 304 g/mol. The van der Waals surface area contributed by atoms with Gasteiger partial charge in [-0.05, 0) is 54.9 Å². The van der Waals surface area contributed by atoms with E-state index in [1.165, 1.54) is 17.2 Å². The molecule has 3 heteroatoms. The van der Waals surface area contributed by atoms with E-state index in [1.54, 1.807) is 12.1 Å². The highest BCUT2D eigenvalue weighted by atomic mass is 35.5. The number of benzene rings is 2. The molecule has 0 spiro atoms. The van der Waals surface area contributed by atoms with E-state index in [4.69, 9.17) is 17.3 Å². The summed E-state index contributed by atoms with van der Waals surface area (Å²) in [4.78, 5) is 0. The number of hydrogen-bond acceptors (Lipinski definition) is 1. The van der Waals surface area contributed by atoms with Gasteiger partial charge in [-0.2, -0.15) is 0 Å². The van der Waals surface area contributed by atoms with Gasteiger partial charge in [0.05, 0.1) is 0 Å². The number of halogens is 2. The van der Waals surface area contributed by atoms with Gasteiger partial charge in [-0.1, -0.05) is 41.9 Å². The summed E-state index contributed by atoms with van der Waals surface area (Å²) >= 11 is 6.12. The van der Waals surface area contributed by atoms with Crippen molar-refractivity contribution in [2.75, 3.05) is 0 Å². The van der Waals surface area contributed by atoms with Crippen molar-refractivity contribution in [1.82, 2.24) is 0 Å². The molecule has 0 fully saturated rings. The molecule has 1 nitrogen and oxygen atoms in total. The molecule has 1 aliphatic carbocycles. The molecule has 0 heterocycles. The summed E-state index contributed by atoms with van der Waals surface area (Å²) in [6, 6.07) is 13.1. The van der Waals surface area contributed by atoms with E-state index in [1.807, 2.05) is 0 Å². The summed E-state index contributed by atoms with van der Waals surface area (Å²) in [5, 5.41) is 0.467. The molecule has 0 aromatic heterocycles. The Morgan fingerprint density at radius 1 is 1.19 bits per heavy atom. The van der Waals surface area contributed by atoms with Crippen LogP contribution >= 0.6 is 11.6 Å². The lowest BCUT2D eigenvalue weighted by molar-refractivity contribution is 0.454. The molecule has 0 saturated heterocycles.